The zero-order valence-corrected chi connectivity index (χ0v) is 20.4. The number of unbranched alkanes of at least 4 members (excludes halogenated alkanes) is 2. The fourth-order valence-electron chi connectivity index (χ4n) is 3.70. The van der Waals surface area contributed by atoms with E-state index in [1.165, 1.54) is 13.3 Å². The minimum absolute atomic E-state index is 0.147. The van der Waals surface area contributed by atoms with Crippen LogP contribution in [0.1, 0.15) is 38.7 Å². The Bertz CT molecular complexity index is 1170. The first-order valence-corrected chi connectivity index (χ1v) is 12.3. The molecular formula is C26H28N4O3S. The number of fused-ring (bicyclic) bond motifs is 3. The number of methoxy groups -OCH3 is 1. The van der Waals surface area contributed by atoms with Gasteiger partial charge < -0.3 is 9.47 Å². The molecule has 1 amide bonds. The van der Waals surface area contributed by atoms with Gasteiger partial charge in [0.2, 0.25) is 16.9 Å². The zero-order chi connectivity index (χ0) is 23.9. The highest BCUT2D eigenvalue weighted by molar-refractivity contribution is 7.99. The van der Waals surface area contributed by atoms with Crippen molar-refractivity contribution in [3.63, 3.8) is 0 Å². The van der Waals surface area contributed by atoms with Crippen LogP contribution < -0.4 is 14.4 Å². The van der Waals surface area contributed by atoms with Crippen molar-refractivity contribution >= 4 is 29.4 Å². The standard InChI is InChI=1S/C26H28N4O3S/c1-4-5-8-17-34-26-27-25-24(28-29-26)21-9-6-7-10-22(21)30(18(2)31)23(33-25)16-13-19-11-14-20(32-3)15-12-19/h6-7,9-16,23H,4-5,8,17H2,1-3H3/b16-13+/t23-/m0/s1. The molecule has 7 nitrogen and oxygen atoms in total. The molecule has 0 saturated heterocycles. The van der Waals surface area contributed by atoms with Crippen LogP contribution in [0.3, 0.4) is 0 Å². The number of amides is 1. The van der Waals surface area contributed by atoms with E-state index in [-0.39, 0.29) is 5.91 Å². The van der Waals surface area contributed by atoms with Gasteiger partial charge in [-0.25, -0.2) is 0 Å². The van der Waals surface area contributed by atoms with E-state index in [4.69, 9.17) is 9.47 Å². The van der Waals surface area contributed by atoms with Crippen LogP contribution in [0.5, 0.6) is 11.6 Å². The average molecular weight is 477 g/mol. The molecule has 2 heterocycles. The number of aromatic nitrogens is 3. The SMILES string of the molecule is CCCCCSc1nnc2c(n1)O[C@@H](/C=C/c1ccc(OC)cc1)N(C(C)=O)c1ccccc1-2. The van der Waals surface area contributed by atoms with E-state index in [1.54, 1.807) is 23.8 Å². The van der Waals surface area contributed by atoms with Gasteiger partial charge in [0.05, 0.1) is 12.8 Å². The summed E-state index contributed by atoms with van der Waals surface area (Å²) in [6.07, 6.45) is 6.50. The minimum atomic E-state index is -0.698. The average Bonchev–Trinajstić information content (AvgIpc) is 2.99. The lowest BCUT2D eigenvalue weighted by Crippen LogP contribution is -2.41. The van der Waals surface area contributed by atoms with Gasteiger partial charge in [0, 0.05) is 18.2 Å². The van der Waals surface area contributed by atoms with Crippen LogP contribution in [-0.4, -0.2) is 40.2 Å². The second-order valence-corrected chi connectivity index (χ2v) is 8.91. The lowest BCUT2D eigenvalue weighted by atomic mass is 10.1. The smallest absolute Gasteiger partial charge is 0.247 e. The number of rotatable bonds is 8. The molecule has 0 N–H and O–H groups in total. The Morgan fingerprint density at radius 3 is 2.68 bits per heavy atom. The van der Waals surface area contributed by atoms with Gasteiger partial charge in [0.15, 0.2) is 11.9 Å². The first-order chi connectivity index (χ1) is 16.6. The maximum atomic E-state index is 12.8. The highest BCUT2D eigenvalue weighted by Crippen LogP contribution is 2.39. The van der Waals surface area contributed by atoms with Gasteiger partial charge in [0.25, 0.3) is 0 Å². The van der Waals surface area contributed by atoms with Gasteiger partial charge in [-0.15, -0.1) is 10.2 Å². The molecule has 1 atom stereocenters. The Hall–Kier alpha value is -3.39. The number of benzene rings is 2. The summed E-state index contributed by atoms with van der Waals surface area (Å²) in [5, 5.41) is 9.35. The fraction of sp³-hybridized carbons (Fsp3) is 0.308. The second kappa shape index (κ2) is 11.2. The topological polar surface area (TPSA) is 77.4 Å². The van der Waals surface area contributed by atoms with Gasteiger partial charge in [-0.3, -0.25) is 9.69 Å². The van der Waals surface area contributed by atoms with Gasteiger partial charge in [-0.05, 0) is 36.3 Å². The Labute approximate surface area is 204 Å². The highest BCUT2D eigenvalue weighted by atomic mass is 32.2. The summed E-state index contributed by atoms with van der Waals surface area (Å²) in [6.45, 7) is 3.70. The zero-order valence-electron chi connectivity index (χ0n) is 19.6. The lowest BCUT2D eigenvalue weighted by Gasteiger charge is -2.27. The van der Waals surface area contributed by atoms with Crippen LogP contribution in [0.15, 0.2) is 59.8 Å². The normalized spacial score (nSPS) is 14.8. The number of para-hydroxylation sites is 1. The van der Waals surface area contributed by atoms with E-state index >= 15 is 0 Å². The van der Waals surface area contributed by atoms with E-state index in [9.17, 15) is 4.79 Å². The molecule has 2 aromatic carbocycles. The molecule has 3 aromatic rings. The molecule has 0 fully saturated rings. The second-order valence-electron chi connectivity index (χ2n) is 7.85. The van der Waals surface area contributed by atoms with Crippen LogP contribution in [-0.2, 0) is 4.79 Å². The van der Waals surface area contributed by atoms with Gasteiger partial charge >= 0.3 is 0 Å². The van der Waals surface area contributed by atoms with E-state index in [0.29, 0.717) is 22.4 Å². The molecular weight excluding hydrogens is 448 g/mol. The van der Waals surface area contributed by atoms with E-state index in [0.717, 1.165) is 35.5 Å². The molecule has 0 radical (unpaired) electrons. The summed E-state index contributed by atoms with van der Waals surface area (Å²) >= 11 is 1.57. The Morgan fingerprint density at radius 2 is 1.94 bits per heavy atom. The first kappa shape index (κ1) is 23.8. The Morgan fingerprint density at radius 1 is 1.15 bits per heavy atom. The first-order valence-electron chi connectivity index (χ1n) is 11.4. The van der Waals surface area contributed by atoms with Crippen molar-refractivity contribution in [2.45, 2.75) is 44.5 Å². The van der Waals surface area contributed by atoms with Gasteiger partial charge in [-0.1, -0.05) is 67.9 Å². The molecule has 0 saturated carbocycles. The number of thioether (sulfide) groups is 1. The highest BCUT2D eigenvalue weighted by Gasteiger charge is 2.32. The molecule has 0 spiro atoms. The minimum Gasteiger partial charge on any atom is -0.497 e. The number of nitrogens with zero attached hydrogens (tertiary/aromatic N) is 4. The van der Waals surface area contributed by atoms with Crippen molar-refractivity contribution in [1.82, 2.24) is 15.2 Å². The summed E-state index contributed by atoms with van der Waals surface area (Å²) in [4.78, 5) is 19.1. The molecule has 1 aliphatic rings. The van der Waals surface area contributed by atoms with E-state index in [1.807, 2.05) is 60.7 Å². The molecule has 0 unspecified atom stereocenters. The number of anilines is 1. The Kier molecular flexibility index (Phi) is 7.80. The predicted octanol–water partition coefficient (Wildman–Crippen LogP) is 5.61. The van der Waals surface area contributed by atoms with Crippen molar-refractivity contribution in [2.24, 2.45) is 0 Å². The van der Waals surface area contributed by atoms with E-state index in [2.05, 4.69) is 22.1 Å². The van der Waals surface area contributed by atoms with Crippen LogP contribution in [0.4, 0.5) is 5.69 Å². The fourth-order valence-corrected chi connectivity index (χ4v) is 4.47. The lowest BCUT2D eigenvalue weighted by molar-refractivity contribution is -0.117. The summed E-state index contributed by atoms with van der Waals surface area (Å²) in [5.41, 5.74) is 2.95. The number of hydrogen-bond acceptors (Lipinski definition) is 7. The summed E-state index contributed by atoms with van der Waals surface area (Å²) < 4.78 is 11.5. The third-order valence-corrected chi connectivity index (χ3v) is 6.35. The molecule has 0 aliphatic carbocycles. The Balaban J connectivity index is 1.70. The predicted molar refractivity (Wildman–Crippen MR) is 135 cm³/mol. The largest absolute Gasteiger partial charge is 0.497 e. The van der Waals surface area contributed by atoms with Crippen molar-refractivity contribution in [3.05, 3.63) is 60.2 Å². The van der Waals surface area contributed by atoms with Crippen LogP contribution in [0.2, 0.25) is 0 Å². The third-order valence-electron chi connectivity index (χ3n) is 5.43. The molecule has 8 heteroatoms. The molecule has 176 valence electrons. The maximum Gasteiger partial charge on any atom is 0.247 e. The van der Waals surface area contributed by atoms with Crippen molar-refractivity contribution in [2.75, 3.05) is 17.8 Å². The molecule has 4 rings (SSSR count). The van der Waals surface area contributed by atoms with Crippen molar-refractivity contribution in [3.8, 4) is 22.9 Å². The van der Waals surface area contributed by atoms with Crippen LogP contribution in [0, 0.1) is 0 Å². The van der Waals surface area contributed by atoms with Gasteiger partial charge in [0.1, 0.15) is 5.75 Å². The quantitative estimate of drug-likeness (QED) is 0.309. The van der Waals surface area contributed by atoms with Gasteiger partial charge in [-0.2, -0.15) is 4.98 Å². The molecule has 0 bridgehead atoms. The third kappa shape index (κ3) is 5.39. The summed E-state index contributed by atoms with van der Waals surface area (Å²) in [5.74, 6) is 1.92. The monoisotopic (exact) mass is 476 g/mol. The number of carbonyl (C=O) groups is 1. The number of ether oxygens (including phenoxy) is 2. The van der Waals surface area contributed by atoms with Crippen LogP contribution in [0.25, 0.3) is 17.3 Å². The number of hydrogen-bond donors (Lipinski definition) is 0. The van der Waals surface area contributed by atoms with E-state index < -0.39 is 6.23 Å². The maximum absolute atomic E-state index is 12.8. The molecule has 1 aliphatic heterocycles. The summed E-state index contributed by atoms with van der Waals surface area (Å²) in [6, 6.07) is 15.3. The van der Waals surface area contributed by atoms with Crippen molar-refractivity contribution < 1.29 is 14.3 Å². The summed E-state index contributed by atoms with van der Waals surface area (Å²) in [7, 11) is 1.64. The molecule has 34 heavy (non-hydrogen) atoms. The van der Waals surface area contributed by atoms with Crippen molar-refractivity contribution in [1.29, 1.82) is 0 Å². The molecule has 1 aromatic heterocycles. The number of carbonyl (C=O) groups excluding carboxylic acids is 1. The van der Waals surface area contributed by atoms with Crippen LogP contribution >= 0.6 is 11.8 Å².